The van der Waals surface area contributed by atoms with Crippen molar-refractivity contribution in [2.24, 2.45) is 0 Å². The maximum atomic E-state index is 12.1. The van der Waals surface area contributed by atoms with Gasteiger partial charge in [0.1, 0.15) is 9.90 Å². The molecule has 0 spiro atoms. The van der Waals surface area contributed by atoms with Crippen LogP contribution in [-0.2, 0) is 11.4 Å². The number of hydrogen-bond acceptors (Lipinski definition) is 3. The molecule has 1 N–H and O–H groups in total. The van der Waals surface area contributed by atoms with Gasteiger partial charge < -0.3 is 4.55 Å². The molecule has 2 atom stereocenters. The standard InChI is InChI=1S/C13H19ClN2OS/c1-5-7-11(16-18(17)13(2,3)4)10-8-6-9-12(14)15-10/h5-6,8-9,11,16H,1,7H2,2-4H3. The summed E-state index contributed by atoms with van der Waals surface area (Å²) in [5.74, 6) is 0. The molecular formula is C13H19ClN2OS. The van der Waals surface area contributed by atoms with E-state index in [1.54, 1.807) is 12.1 Å². The summed E-state index contributed by atoms with van der Waals surface area (Å²) in [5, 5.41) is 0.435. The fraction of sp³-hybridized carbons (Fsp3) is 0.462. The van der Waals surface area contributed by atoms with Crippen molar-refractivity contribution >= 4 is 23.0 Å². The molecule has 0 aliphatic carbocycles. The molecule has 1 rings (SSSR count). The van der Waals surface area contributed by atoms with Crippen LogP contribution in [0.15, 0.2) is 30.9 Å². The summed E-state index contributed by atoms with van der Waals surface area (Å²) in [5.41, 5.74) is 0.778. The van der Waals surface area contributed by atoms with Gasteiger partial charge in [-0.15, -0.1) is 11.3 Å². The molecule has 3 nitrogen and oxygen atoms in total. The molecule has 100 valence electrons. The van der Waals surface area contributed by atoms with Crippen LogP contribution in [0.25, 0.3) is 0 Å². The van der Waals surface area contributed by atoms with Gasteiger partial charge in [0, 0.05) is 11.4 Å². The Morgan fingerprint density at radius 2 is 2.22 bits per heavy atom. The Morgan fingerprint density at radius 3 is 2.72 bits per heavy atom. The summed E-state index contributed by atoms with van der Waals surface area (Å²) in [4.78, 5) is 4.25. The molecule has 0 saturated heterocycles. The molecule has 0 fully saturated rings. The maximum absolute atomic E-state index is 12.1. The zero-order valence-corrected chi connectivity index (χ0v) is 12.5. The lowest BCUT2D eigenvalue weighted by atomic mass is 10.1. The fourth-order valence-corrected chi connectivity index (χ4v) is 2.32. The minimum Gasteiger partial charge on any atom is -0.598 e. The third-order valence-electron chi connectivity index (χ3n) is 2.30. The van der Waals surface area contributed by atoms with Crippen LogP contribution in [0.2, 0.25) is 5.15 Å². The van der Waals surface area contributed by atoms with Crippen molar-refractivity contribution in [3.8, 4) is 0 Å². The van der Waals surface area contributed by atoms with Crippen LogP contribution in [0.4, 0.5) is 0 Å². The first-order valence-corrected chi connectivity index (χ1v) is 7.29. The average Bonchev–Trinajstić information content (AvgIpc) is 2.27. The quantitative estimate of drug-likeness (QED) is 0.513. The molecule has 1 aromatic heterocycles. The second-order valence-corrected chi connectivity index (χ2v) is 7.35. The van der Waals surface area contributed by atoms with Crippen molar-refractivity contribution in [3.05, 3.63) is 41.7 Å². The molecule has 0 saturated carbocycles. The monoisotopic (exact) mass is 286 g/mol. The zero-order chi connectivity index (χ0) is 13.8. The first-order valence-electron chi connectivity index (χ1n) is 5.76. The van der Waals surface area contributed by atoms with Gasteiger partial charge in [-0.3, -0.25) is 0 Å². The number of nitrogens with zero attached hydrogens (tertiary/aromatic N) is 1. The Kier molecular flexibility index (Phi) is 5.66. The van der Waals surface area contributed by atoms with Gasteiger partial charge in [0.15, 0.2) is 0 Å². The lowest BCUT2D eigenvalue weighted by Crippen LogP contribution is -2.41. The molecule has 0 aliphatic rings. The number of nitrogens with one attached hydrogen (secondary N) is 1. The van der Waals surface area contributed by atoms with Crippen LogP contribution in [0.1, 0.15) is 38.9 Å². The summed E-state index contributed by atoms with van der Waals surface area (Å²) in [6.45, 7) is 9.49. The molecule has 18 heavy (non-hydrogen) atoms. The molecular weight excluding hydrogens is 268 g/mol. The third-order valence-corrected chi connectivity index (χ3v) is 4.12. The largest absolute Gasteiger partial charge is 0.598 e. The maximum Gasteiger partial charge on any atom is 0.136 e. The smallest absolute Gasteiger partial charge is 0.136 e. The highest BCUT2D eigenvalue weighted by molar-refractivity contribution is 7.90. The Hall–Kier alpha value is -0.550. The lowest BCUT2D eigenvalue weighted by Gasteiger charge is -2.27. The summed E-state index contributed by atoms with van der Waals surface area (Å²) in [6, 6.07) is 5.28. The van der Waals surface area contributed by atoms with Gasteiger partial charge in [-0.25, -0.2) is 4.98 Å². The fourth-order valence-electron chi connectivity index (χ4n) is 1.32. The Labute approximate surface area is 117 Å². The van der Waals surface area contributed by atoms with Crippen LogP contribution in [0.3, 0.4) is 0 Å². The normalized spacial score (nSPS) is 15.2. The van der Waals surface area contributed by atoms with E-state index in [1.807, 2.05) is 32.9 Å². The van der Waals surface area contributed by atoms with Crippen LogP contribution < -0.4 is 4.72 Å². The van der Waals surface area contributed by atoms with E-state index < -0.39 is 11.4 Å². The average molecular weight is 287 g/mol. The molecule has 0 radical (unpaired) electrons. The van der Waals surface area contributed by atoms with E-state index in [1.165, 1.54) is 0 Å². The molecule has 0 aliphatic heterocycles. The molecule has 2 unspecified atom stereocenters. The van der Waals surface area contributed by atoms with Crippen molar-refractivity contribution < 1.29 is 4.55 Å². The highest BCUT2D eigenvalue weighted by Crippen LogP contribution is 2.22. The van der Waals surface area contributed by atoms with Gasteiger partial charge in [-0.1, -0.05) is 23.7 Å². The first-order chi connectivity index (χ1) is 8.34. The predicted octanol–water partition coefficient (Wildman–Crippen LogP) is 3.40. The van der Waals surface area contributed by atoms with Crippen LogP contribution in [0.5, 0.6) is 0 Å². The third kappa shape index (κ3) is 4.61. The Bertz CT molecular complexity index is 406. The van der Waals surface area contributed by atoms with Gasteiger partial charge in [0.05, 0.1) is 11.7 Å². The van der Waals surface area contributed by atoms with Crippen LogP contribution in [-0.4, -0.2) is 14.3 Å². The summed E-state index contributed by atoms with van der Waals surface area (Å²) in [7, 11) is 0. The highest BCUT2D eigenvalue weighted by atomic mass is 35.5. The van der Waals surface area contributed by atoms with E-state index in [0.717, 1.165) is 5.69 Å². The van der Waals surface area contributed by atoms with Crippen molar-refractivity contribution in [2.75, 3.05) is 0 Å². The van der Waals surface area contributed by atoms with Crippen LogP contribution >= 0.6 is 11.6 Å². The molecule has 0 amide bonds. The van der Waals surface area contributed by atoms with E-state index in [2.05, 4.69) is 16.3 Å². The first kappa shape index (κ1) is 15.5. The number of halogens is 1. The van der Waals surface area contributed by atoms with Crippen molar-refractivity contribution in [1.29, 1.82) is 0 Å². The van der Waals surface area contributed by atoms with Crippen molar-refractivity contribution in [1.82, 2.24) is 9.71 Å². The second kappa shape index (κ2) is 6.57. The molecule has 0 bridgehead atoms. The number of pyridine rings is 1. The topological polar surface area (TPSA) is 48.0 Å². The minimum absolute atomic E-state index is 0.138. The van der Waals surface area contributed by atoms with E-state index in [9.17, 15) is 4.55 Å². The molecule has 1 heterocycles. The van der Waals surface area contributed by atoms with Gasteiger partial charge in [-0.2, -0.15) is 0 Å². The lowest BCUT2D eigenvalue weighted by molar-refractivity contribution is 0.521. The molecule has 0 aromatic carbocycles. The Morgan fingerprint density at radius 1 is 1.56 bits per heavy atom. The highest BCUT2D eigenvalue weighted by Gasteiger charge is 2.29. The van der Waals surface area contributed by atoms with Gasteiger partial charge >= 0.3 is 0 Å². The molecule has 5 heteroatoms. The van der Waals surface area contributed by atoms with E-state index >= 15 is 0 Å². The van der Waals surface area contributed by atoms with Gasteiger partial charge in [-0.05, 0) is 39.3 Å². The SMILES string of the molecule is C=CCC(N[S+]([O-])C(C)(C)C)c1cccc(Cl)n1. The van der Waals surface area contributed by atoms with Crippen LogP contribution in [0, 0.1) is 0 Å². The van der Waals surface area contributed by atoms with Crippen molar-refractivity contribution in [3.63, 3.8) is 0 Å². The van der Waals surface area contributed by atoms with E-state index in [4.69, 9.17) is 11.6 Å². The summed E-state index contributed by atoms with van der Waals surface area (Å²) >= 11 is 4.72. The van der Waals surface area contributed by atoms with Gasteiger partial charge in [0.25, 0.3) is 0 Å². The summed E-state index contributed by atoms with van der Waals surface area (Å²) in [6.07, 6.45) is 2.43. The zero-order valence-electron chi connectivity index (χ0n) is 10.9. The summed E-state index contributed by atoms with van der Waals surface area (Å²) < 4.78 is 14.9. The second-order valence-electron chi connectivity index (χ2n) is 4.96. The Balaban J connectivity index is 2.86. The number of rotatable bonds is 5. The van der Waals surface area contributed by atoms with E-state index in [-0.39, 0.29) is 10.8 Å². The molecule has 1 aromatic rings. The van der Waals surface area contributed by atoms with Crippen molar-refractivity contribution in [2.45, 2.75) is 38.0 Å². The van der Waals surface area contributed by atoms with Gasteiger partial charge in [0.2, 0.25) is 0 Å². The van der Waals surface area contributed by atoms with E-state index in [0.29, 0.717) is 11.6 Å². The number of hydrogen-bond donors (Lipinski definition) is 1. The number of aromatic nitrogens is 1. The minimum atomic E-state index is -1.16. The predicted molar refractivity (Wildman–Crippen MR) is 77.8 cm³/mol.